The van der Waals surface area contributed by atoms with Gasteiger partial charge in [0.1, 0.15) is 5.82 Å². The Kier molecular flexibility index (Phi) is 3.41. The summed E-state index contributed by atoms with van der Waals surface area (Å²) in [5, 5.41) is 3.65. The van der Waals surface area contributed by atoms with Crippen LogP contribution in [-0.2, 0) is 13.0 Å². The van der Waals surface area contributed by atoms with Gasteiger partial charge in [-0.05, 0) is 26.7 Å². The standard InChI is InChI=1S/C12H21N3/c1-3-15-8-7-13-12(15)9-11-6-4-5-10(2)14-11/h7-8,10-11,14H,3-6,9H2,1-2H3. The number of hydrogen-bond acceptors (Lipinski definition) is 2. The number of rotatable bonds is 3. The van der Waals surface area contributed by atoms with E-state index in [-0.39, 0.29) is 0 Å². The van der Waals surface area contributed by atoms with Crippen LogP contribution in [0.2, 0.25) is 0 Å². The molecule has 2 unspecified atom stereocenters. The summed E-state index contributed by atoms with van der Waals surface area (Å²) >= 11 is 0. The molecule has 15 heavy (non-hydrogen) atoms. The van der Waals surface area contributed by atoms with Crippen LogP contribution in [0, 0.1) is 0 Å². The molecule has 0 aromatic carbocycles. The molecule has 0 bridgehead atoms. The van der Waals surface area contributed by atoms with Gasteiger partial charge in [-0.3, -0.25) is 0 Å². The molecule has 2 rings (SSSR count). The molecule has 1 saturated heterocycles. The number of nitrogens with zero attached hydrogens (tertiary/aromatic N) is 2. The molecule has 84 valence electrons. The maximum absolute atomic E-state index is 4.43. The van der Waals surface area contributed by atoms with Crippen molar-refractivity contribution < 1.29 is 0 Å². The summed E-state index contributed by atoms with van der Waals surface area (Å²) in [5.41, 5.74) is 0. The lowest BCUT2D eigenvalue weighted by Crippen LogP contribution is -2.42. The van der Waals surface area contributed by atoms with E-state index < -0.39 is 0 Å². The molecule has 2 atom stereocenters. The van der Waals surface area contributed by atoms with Crippen molar-refractivity contribution in [3.63, 3.8) is 0 Å². The average molecular weight is 207 g/mol. The minimum Gasteiger partial charge on any atom is -0.335 e. The SMILES string of the molecule is CCn1ccnc1CC1CCCC(C)N1. The van der Waals surface area contributed by atoms with Crippen molar-refractivity contribution in [2.75, 3.05) is 0 Å². The quantitative estimate of drug-likeness (QED) is 0.821. The molecular formula is C12H21N3. The van der Waals surface area contributed by atoms with Crippen molar-refractivity contribution in [3.8, 4) is 0 Å². The average Bonchev–Trinajstić information content (AvgIpc) is 2.65. The predicted molar refractivity (Wildman–Crippen MR) is 61.8 cm³/mol. The first-order valence-electron chi connectivity index (χ1n) is 6.05. The highest BCUT2D eigenvalue weighted by molar-refractivity contribution is 4.96. The Labute approximate surface area is 91.9 Å². The number of piperidine rings is 1. The second kappa shape index (κ2) is 4.79. The van der Waals surface area contributed by atoms with Gasteiger partial charge in [0.15, 0.2) is 0 Å². The van der Waals surface area contributed by atoms with Gasteiger partial charge in [0.25, 0.3) is 0 Å². The highest BCUT2D eigenvalue weighted by Crippen LogP contribution is 2.15. The summed E-state index contributed by atoms with van der Waals surface area (Å²) < 4.78 is 2.24. The number of hydrogen-bond donors (Lipinski definition) is 1. The Morgan fingerprint density at radius 1 is 1.53 bits per heavy atom. The molecule has 0 spiro atoms. The summed E-state index contributed by atoms with van der Waals surface area (Å²) in [5.74, 6) is 1.23. The molecule has 0 saturated carbocycles. The van der Waals surface area contributed by atoms with Crippen LogP contribution in [0.5, 0.6) is 0 Å². The van der Waals surface area contributed by atoms with E-state index in [1.165, 1.54) is 25.1 Å². The molecule has 0 amide bonds. The van der Waals surface area contributed by atoms with Crippen molar-refractivity contribution in [2.45, 2.75) is 58.2 Å². The third-order valence-electron chi connectivity index (χ3n) is 3.28. The van der Waals surface area contributed by atoms with E-state index in [9.17, 15) is 0 Å². The van der Waals surface area contributed by atoms with Crippen molar-refractivity contribution in [1.82, 2.24) is 14.9 Å². The summed E-state index contributed by atoms with van der Waals surface area (Å²) in [7, 11) is 0. The van der Waals surface area contributed by atoms with Crippen LogP contribution >= 0.6 is 0 Å². The smallest absolute Gasteiger partial charge is 0.110 e. The molecule has 1 N–H and O–H groups in total. The zero-order valence-corrected chi connectivity index (χ0v) is 9.74. The summed E-state index contributed by atoms with van der Waals surface area (Å²) in [6.07, 6.45) is 9.02. The van der Waals surface area contributed by atoms with E-state index in [0.29, 0.717) is 12.1 Å². The predicted octanol–water partition coefficient (Wildman–Crippen LogP) is 1.98. The van der Waals surface area contributed by atoms with E-state index in [1.807, 2.05) is 6.20 Å². The van der Waals surface area contributed by atoms with Gasteiger partial charge in [0, 0.05) is 37.4 Å². The van der Waals surface area contributed by atoms with Crippen molar-refractivity contribution in [2.24, 2.45) is 0 Å². The van der Waals surface area contributed by atoms with Crippen molar-refractivity contribution in [1.29, 1.82) is 0 Å². The topological polar surface area (TPSA) is 29.9 Å². The van der Waals surface area contributed by atoms with Crippen molar-refractivity contribution in [3.05, 3.63) is 18.2 Å². The Bertz CT molecular complexity index is 306. The number of aromatic nitrogens is 2. The number of imidazole rings is 1. The fourth-order valence-electron chi connectivity index (χ4n) is 2.44. The van der Waals surface area contributed by atoms with Crippen LogP contribution in [0.4, 0.5) is 0 Å². The monoisotopic (exact) mass is 207 g/mol. The van der Waals surface area contributed by atoms with Gasteiger partial charge in [0.2, 0.25) is 0 Å². The van der Waals surface area contributed by atoms with Crippen LogP contribution in [0.3, 0.4) is 0 Å². The van der Waals surface area contributed by atoms with E-state index >= 15 is 0 Å². The summed E-state index contributed by atoms with van der Waals surface area (Å²) in [6.45, 7) is 5.47. The van der Waals surface area contributed by atoms with Crippen LogP contribution in [0.25, 0.3) is 0 Å². The number of nitrogens with one attached hydrogen (secondary N) is 1. The van der Waals surface area contributed by atoms with Gasteiger partial charge in [-0.25, -0.2) is 4.98 Å². The Morgan fingerprint density at radius 2 is 2.40 bits per heavy atom. The molecule has 1 aliphatic heterocycles. The third kappa shape index (κ3) is 2.59. The first-order chi connectivity index (χ1) is 7.29. The molecule has 1 fully saturated rings. The highest BCUT2D eigenvalue weighted by Gasteiger charge is 2.19. The normalized spacial score (nSPS) is 26.8. The van der Waals surface area contributed by atoms with Gasteiger partial charge in [-0.1, -0.05) is 6.42 Å². The largest absolute Gasteiger partial charge is 0.335 e. The second-order valence-corrected chi connectivity index (χ2v) is 4.53. The molecule has 3 nitrogen and oxygen atoms in total. The lowest BCUT2D eigenvalue weighted by Gasteiger charge is -2.28. The summed E-state index contributed by atoms with van der Waals surface area (Å²) in [6, 6.07) is 1.30. The van der Waals surface area contributed by atoms with Crippen LogP contribution in [0.15, 0.2) is 12.4 Å². The van der Waals surface area contributed by atoms with E-state index in [0.717, 1.165) is 13.0 Å². The van der Waals surface area contributed by atoms with Gasteiger partial charge in [-0.15, -0.1) is 0 Å². The Hall–Kier alpha value is -0.830. The lowest BCUT2D eigenvalue weighted by atomic mass is 9.97. The second-order valence-electron chi connectivity index (χ2n) is 4.53. The molecule has 1 aromatic rings. The fraction of sp³-hybridized carbons (Fsp3) is 0.750. The Balaban J connectivity index is 1.96. The zero-order valence-electron chi connectivity index (χ0n) is 9.74. The highest BCUT2D eigenvalue weighted by atomic mass is 15.1. The number of aryl methyl sites for hydroxylation is 1. The van der Waals surface area contributed by atoms with Crippen molar-refractivity contribution >= 4 is 0 Å². The molecule has 1 aliphatic rings. The maximum atomic E-state index is 4.43. The zero-order chi connectivity index (χ0) is 10.7. The summed E-state index contributed by atoms with van der Waals surface area (Å²) in [4.78, 5) is 4.43. The van der Waals surface area contributed by atoms with Crippen LogP contribution in [0.1, 0.15) is 38.9 Å². The molecule has 2 heterocycles. The minimum atomic E-state index is 0.626. The molecule has 0 radical (unpaired) electrons. The Morgan fingerprint density at radius 3 is 3.13 bits per heavy atom. The van der Waals surface area contributed by atoms with Gasteiger partial charge in [0.05, 0.1) is 0 Å². The van der Waals surface area contributed by atoms with Gasteiger partial charge < -0.3 is 9.88 Å². The molecule has 0 aliphatic carbocycles. The first-order valence-corrected chi connectivity index (χ1v) is 6.05. The maximum Gasteiger partial charge on any atom is 0.110 e. The molecule has 1 aromatic heterocycles. The third-order valence-corrected chi connectivity index (χ3v) is 3.28. The lowest BCUT2D eigenvalue weighted by molar-refractivity contribution is 0.328. The minimum absolute atomic E-state index is 0.626. The van der Waals surface area contributed by atoms with E-state index in [4.69, 9.17) is 0 Å². The fourth-order valence-corrected chi connectivity index (χ4v) is 2.44. The van der Waals surface area contributed by atoms with Crippen LogP contribution in [-0.4, -0.2) is 21.6 Å². The van der Waals surface area contributed by atoms with E-state index in [2.05, 4.69) is 34.9 Å². The molecule has 3 heteroatoms. The first kappa shape index (κ1) is 10.7. The van der Waals surface area contributed by atoms with Gasteiger partial charge >= 0.3 is 0 Å². The van der Waals surface area contributed by atoms with Gasteiger partial charge in [-0.2, -0.15) is 0 Å². The molecular weight excluding hydrogens is 186 g/mol. The van der Waals surface area contributed by atoms with Crippen LogP contribution < -0.4 is 5.32 Å². The van der Waals surface area contributed by atoms with E-state index in [1.54, 1.807) is 0 Å².